The van der Waals surface area contributed by atoms with E-state index in [0.717, 1.165) is 11.0 Å². The molecule has 1 aliphatic rings. The average Bonchev–Trinajstić information content (AvgIpc) is 3.35. The van der Waals surface area contributed by atoms with Crippen molar-refractivity contribution in [3.8, 4) is 10.6 Å². The highest BCUT2D eigenvalue weighted by molar-refractivity contribution is 7.88. The molecule has 3 aromatic rings. The molecule has 1 aromatic carbocycles. The highest BCUT2D eigenvalue weighted by Crippen LogP contribution is 2.41. The number of fused-ring (bicyclic) bond motifs is 1. The monoisotopic (exact) mass is 574 g/mol. The summed E-state index contributed by atoms with van der Waals surface area (Å²) in [6.07, 6.45) is -4.46. The molecule has 15 heteroatoms. The third-order valence-electron chi connectivity index (χ3n) is 6.47. The van der Waals surface area contributed by atoms with Crippen molar-refractivity contribution < 1.29 is 31.8 Å². The predicted molar refractivity (Wildman–Crippen MR) is 139 cm³/mol. The van der Waals surface area contributed by atoms with Crippen molar-refractivity contribution >= 4 is 43.3 Å². The Morgan fingerprint density at radius 1 is 1.24 bits per heavy atom. The molecule has 3 atom stereocenters. The molecular formula is C23H29F3N6O4S2. The molecule has 4 rings (SSSR count). The van der Waals surface area contributed by atoms with E-state index in [0.29, 0.717) is 28.2 Å². The van der Waals surface area contributed by atoms with E-state index in [1.165, 1.54) is 15.6 Å². The van der Waals surface area contributed by atoms with Gasteiger partial charge in [0.1, 0.15) is 23.5 Å². The van der Waals surface area contributed by atoms with Crippen LogP contribution >= 0.6 is 11.3 Å². The quantitative estimate of drug-likeness (QED) is 0.284. The van der Waals surface area contributed by atoms with Crippen LogP contribution in [0.25, 0.3) is 20.8 Å². The van der Waals surface area contributed by atoms with Crippen molar-refractivity contribution in [3.05, 3.63) is 30.0 Å². The summed E-state index contributed by atoms with van der Waals surface area (Å²) in [6.45, 7) is 2.12. The van der Waals surface area contributed by atoms with Crippen LogP contribution in [0.2, 0.25) is 0 Å². The number of hydrogen-bond donors (Lipinski definition) is 4. The second-order valence-corrected chi connectivity index (χ2v) is 12.3. The minimum Gasteiger partial charge on any atom is -0.388 e. The average molecular weight is 575 g/mol. The second kappa shape index (κ2) is 10.5. The molecule has 0 saturated heterocycles. The van der Waals surface area contributed by atoms with Crippen molar-refractivity contribution in [2.45, 2.75) is 44.7 Å². The largest absolute Gasteiger partial charge is 0.405 e. The van der Waals surface area contributed by atoms with Gasteiger partial charge in [-0.15, -0.1) is 11.3 Å². The fourth-order valence-corrected chi connectivity index (χ4v) is 6.55. The van der Waals surface area contributed by atoms with Crippen molar-refractivity contribution in [1.29, 1.82) is 0 Å². The minimum atomic E-state index is -4.51. The number of hydrogen-bond acceptors (Lipinski definition) is 10. The molecule has 2 heterocycles. The van der Waals surface area contributed by atoms with Crippen LogP contribution in [-0.2, 0) is 10.0 Å². The Labute approximate surface area is 222 Å². The van der Waals surface area contributed by atoms with E-state index in [-0.39, 0.29) is 31.3 Å². The number of aryl methyl sites for hydroxylation is 1. The molecule has 0 unspecified atom stereocenters. The Bertz CT molecular complexity index is 1380. The highest BCUT2D eigenvalue weighted by Gasteiger charge is 2.48. The lowest BCUT2D eigenvalue weighted by molar-refractivity contribution is -0.115. The predicted octanol–water partition coefficient (Wildman–Crippen LogP) is 3.19. The molecule has 38 heavy (non-hydrogen) atoms. The van der Waals surface area contributed by atoms with Gasteiger partial charge >= 0.3 is 6.18 Å². The topological polar surface area (TPSA) is 141 Å². The number of anilines is 2. The van der Waals surface area contributed by atoms with Crippen LogP contribution < -0.4 is 10.6 Å². The van der Waals surface area contributed by atoms with Crippen molar-refractivity contribution in [2.24, 2.45) is 5.92 Å². The number of nitrogens with zero attached hydrogens (tertiary/aromatic N) is 4. The fraction of sp³-hybridized carbons (Fsp3) is 0.522. The molecule has 0 bridgehead atoms. The molecule has 4 N–H and O–H groups in total. The van der Waals surface area contributed by atoms with Gasteiger partial charge in [0, 0.05) is 19.0 Å². The van der Waals surface area contributed by atoms with Gasteiger partial charge in [-0.05, 0) is 31.9 Å². The number of rotatable bonds is 9. The van der Waals surface area contributed by atoms with Crippen LogP contribution in [0, 0.1) is 12.8 Å². The molecule has 1 fully saturated rings. The molecule has 10 nitrogen and oxygen atoms in total. The number of aliphatic hydroxyl groups excluding tert-OH is 1. The summed E-state index contributed by atoms with van der Waals surface area (Å²) >= 11 is 1.33. The van der Waals surface area contributed by atoms with E-state index in [9.17, 15) is 31.8 Å². The van der Waals surface area contributed by atoms with E-state index in [1.807, 2.05) is 24.3 Å². The Balaban J connectivity index is 1.70. The first-order valence-electron chi connectivity index (χ1n) is 11.9. The van der Waals surface area contributed by atoms with Gasteiger partial charge in [-0.25, -0.2) is 22.7 Å². The lowest BCUT2D eigenvalue weighted by atomic mass is 10.0. The number of sulfonamides is 1. The normalized spacial score (nSPS) is 22.3. The van der Waals surface area contributed by atoms with Gasteiger partial charge in [-0.3, -0.25) is 0 Å². The van der Waals surface area contributed by atoms with E-state index in [1.54, 1.807) is 13.8 Å². The zero-order valence-corrected chi connectivity index (χ0v) is 22.6. The summed E-state index contributed by atoms with van der Waals surface area (Å²) < 4.78 is 64.7. The van der Waals surface area contributed by atoms with Gasteiger partial charge in [-0.1, -0.05) is 19.1 Å². The lowest BCUT2D eigenvalue weighted by Crippen LogP contribution is -2.49. The number of aromatic nitrogens is 3. The summed E-state index contributed by atoms with van der Waals surface area (Å²) in [4.78, 5) is 13.0. The van der Waals surface area contributed by atoms with E-state index in [2.05, 4.69) is 25.6 Å². The Morgan fingerprint density at radius 2 is 1.95 bits per heavy atom. The molecular weight excluding hydrogens is 545 g/mol. The standard InChI is InChI=1S/C23H29F3N6O4S2/c1-4-32(38(3,35)36)11-14-9-10-22(34,18(14)33)31-19-17(20-29-15-7-5-6-8-16(15)37-20)13(2)28-21(30-19)27-12-23(24,25)26/h5-8,14,18,33-34H,4,9-12H2,1-3H3,(H2,27,28,30,31)/t14-,18+,22+/m0/s1. The van der Waals surface area contributed by atoms with E-state index < -0.39 is 40.5 Å². The SMILES string of the molecule is CCN(C[C@@H]1CC[C@](O)(Nc2nc(NCC(F)(F)F)nc(C)c2-c2nc3ccccc3s2)[C@@H]1O)S(C)(=O)=O. The third-order valence-corrected chi connectivity index (χ3v) is 8.87. The molecule has 208 valence electrons. The first kappa shape index (κ1) is 28.4. The number of thiazole rings is 1. The Hall–Kier alpha value is -2.59. The van der Waals surface area contributed by atoms with Crippen LogP contribution in [-0.4, -0.2) is 81.8 Å². The summed E-state index contributed by atoms with van der Waals surface area (Å²) in [7, 11) is -3.51. The van der Waals surface area contributed by atoms with Crippen LogP contribution in [0.15, 0.2) is 24.3 Å². The van der Waals surface area contributed by atoms with Crippen molar-refractivity contribution in [1.82, 2.24) is 19.3 Å². The smallest absolute Gasteiger partial charge is 0.388 e. The van der Waals surface area contributed by atoms with Crippen LogP contribution in [0.3, 0.4) is 0 Å². The highest BCUT2D eigenvalue weighted by atomic mass is 32.2. The summed E-state index contributed by atoms with van der Waals surface area (Å²) in [5.41, 5.74) is -0.528. The molecule has 1 aliphatic carbocycles. The van der Waals surface area contributed by atoms with Crippen molar-refractivity contribution in [2.75, 3.05) is 36.5 Å². The van der Waals surface area contributed by atoms with Gasteiger partial charge in [0.05, 0.1) is 27.7 Å². The number of benzene rings is 1. The van der Waals surface area contributed by atoms with Gasteiger partial charge in [0.15, 0.2) is 5.72 Å². The molecule has 0 spiro atoms. The number of nitrogens with one attached hydrogen (secondary N) is 2. The number of alkyl halides is 3. The number of halogens is 3. The fourth-order valence-electron chi connectivity index (χ4n) is 4.55. The van der Waals surface area contributed by atoms with Crippen LogP contribution in [0.5, 0.6) is 0 Å². The second-order valence-electron chi connectivity index (χ2n) is 9.32. The Kier molecular flexibility index (Phi) is 7.87. The molecule has 1 saturated carbocycles. The molecule has 0 amide bonds. The zero-order valence-electron chi connectivity index (χ0n) is 20.9. The number of para-hydroxylation sites is 1. The minimum absolute atomic E-state index is 0.00103. The van der Waals surface area contributed by atoms with E-state index in [4.69, 9.17) is 0 Å². The first-order valence-corrected chi connectivity index (χ1v) is 14.6. The molecule has 0 radical (unpaired) electrons. The summed E-state index contributed by atoms with van der Waals surface area (Å²) in [6, 6.07) is 7.37. The first-order chi connectivity index (χ1) is 17.7. The van der Waals surface area contributed by atoms with Crippen molar-refractivity contribution in [3.63, 3.8) is 0 Å². The van der Waals surface area contributed by atoms with Gasteiger partial charge in [0.25, 0.3) is 0 Å². The maximum atomic E-state index is 12.8. The Morgan fingerprint density at radius 3 is 2.58 bits per heavy atom. The van der Waals surface area contributed by atoms with Gasteiger partial charge in [-0.2, -0.15) is 18.2 Å². The molecule has 0 aliphatic heterocycles. The maximum Gasteiger partial charge on any atom is 0.405 e. The van der Waals surface area contributed by atoms with Crippen LogP contribution in [0.4, 0.5) is 24.9 Å². The number of aliphatic hydroxyl groups is 2. The van der Waals surface area contributed by atoms with Gasteiger partial charge < -0.3 is 20.8 Å². The maximum absolute atomic E-state index is 12.8. The zero-order chi connectivity index (χ0) is 27.9. The van der Waals surface area contributed by atoms with Gasteiger partial charge in [0.2, 0.25) is 16.0 Å². The third kappa shape index (κ3) is 6.17. The molecule has 2 aromatic heterocycles. The van der Waals surface area contributed by atoms with E-state index >= 15 is 0 Å². The van der Waals surface area contributed by atoms with Crippen LogP contribution in [0.1, 0.15) is 25.5 Å². The summed E-state index contributed by atoms with van der Waals surface area (Å²) in [5.74, 6) is -0.896. The summed E-state index contributed by atoms with van der Waals surface area (Å²) in [5, 5.41) is 28.0. The lowest BCUT2D eigenvalue weighted by Gasteiger charge is -2.32.